The van der Waals surface area contributed by atoms with Crippen LogP contribution < -0.4 is 0 Å². The molecule has 2 aliphatic carbocycles. The van der Waals surface area contributed by atoms with E-state index in [4.69, 9.17) is 14.7 Å². The molecule has 21 heavy (non-hydrogen) atoms. The van der Waals surface area contributed by atoms with Crippen LogP contribution in [0.3, 0.4) is 0 Å². The van der Waals surface area contributed by atoms with Gasteiger partial charge in [-0.25, -0.2) is 4.99 Å². The predicted octanol–water partition coefficient (Wildman–Crippen LogP) is 4.55. The van der Waals surface area contributed by atoms with E-state index in [0.717, 1.165) is 5.90 Å². The van der Waals surface area contributed by atoms with Crippen LogP contribution in [0.25, 0.3) is 0 Å². The van der Waals surface area contributed by atoms with Gasteiger partial charge in [-0.05, 0) is 31.6 Å². The number of nitrogens with zero attached hydrogens (tertiary/aromatic N) is 2. The second kappa shape index (κ2) is 6.93. The van der Waals surface area contributed by atoms with E-state index in [9.17, 15) is 0 Å². The lowest BCUT2D eigenvalue weighted by Crippen LogP contribution is -2.50. The molecule has 0 aromatic carbocycles. The smallest absolute Gasteiger partial charge is 0.235 e. The van der Waals surface area contributed by atoms with Gasteiger partial charge in [0.25, 0.3) is 0 Å². The van der Waals surface area contributed by atoms with Crippen molar-refractivity contribution in [2.24, 2.45) is 15.9 Å². The van der Waals surface area contributed by atoms with Gasteiger partial charge >= 0.3 is 0 Å². The highest BCUT2D eigenvalue weighted by Crippen LogP contribution is 2.28. The van der Waals surface area contributed by atoms with E-state index in [1.54, 1.807) is 0 Å². The van der Waals surface area contributed by atoms with Gasteiger partial charge in [0.15, 0.2) is 0 Å². The molecule has 3 rings (SSSR count). The number of hydrogen-bond donors (Lipinski definition) is 0. The maximum atomic E-state index is 5.98. The summed E-state index contributed by atoms with van der Waals surface area (Å²) in [7, 11) is 0. The largest absolute Gasteiger partial charge is 0.466 e. The first-order valence-electron chi connectivity index (χ1n) is 9.06. The van der Waals surface area contributed by atoms with Gasteiger partial charge in [0.05, 0.1) is 12.1 Å². The Morgan fingerprint density at radius 2 is 1.33 bits per heavy atom. The normalized spacial score (nSPS) is 32.4. The van der Waals surface area contributed by atoms with Crippen molar-refractivity contribution in [2.45, 2.75) is 96.2 Å². The minimum absolute atomic E-state index is 0.189. The van der Waals surface area contributed by atoms with Crippen LogP contribution in [0.1, 0.15) is 78.1 Å². The van der Waals surface area contributed by atoms with Crippen molar-refractivity contribution in [3.63, 3.8) is 0 Å². The van der Waals surface area contributed by atoms with E-state index in [1.807, 2.05) is 0 Å². The second-order valence-corrected chi connectivity index (χ2v) is 7.31. The third kappa shape index (κ3) is 3.67. The van der Waals surface area contributed by atoms with E-state index in [0.29, 0.717) is 18.0 Å². The van der Waals surface area contributed by atoms with E-state index in [1.165, 1.54) is 69.9 Å². The van der Waals surface area contributed by atoms with Crippen molar-refractivity contribution in [1.29, 1.82) is 0 Å². The Labute approximate surface area is 129 Å². The minimum atomic E-state index is 0.189. The molecular weight excluding hydrogens is 260 g/mol. The quantitative estimate of drug-likeness (QED) is 0.751. The minimum Gasteiger partial charge on any atom is -0.466 e. The van der Waals surface area contributed by atoms with Crippen LogP contribution in [0.5, 0.6) is 0 Å². The molecule has 3 nitrogen and oxygen atoms in total. The second-order valence-electron chi connectivity index (χ2n) is 7.31. The molecular formula is C18H30N2O. The fraction of sp³-hybridized carbons (Fsp3) is 0.889. The third-order valence-corrected chi connectivity index (χ3v) is 5.10. The van der Waals surface area contributed by atoms with Gasteiger partial charge in [-0.2, -0.15) is 0 Å². The first-order chi connectivity index (χ1) is 10.2. The molecule has 0 bridgehead atoms. The van der Waals surface area contributed by atoms with Gasteiger partial charge in [-0.1, -0.05) is 52.4 Å². The van der Waals surface area contributed by atoms with Crippen LogP contribution in [0.2, 0.25) is 0 Å². The Balaban J connectivity index is 1.70. The molecule has 1 saturated heterocycles. The predicted molar refractivity (Wildman–Crippen MR) is 88.3 cm³/mol. The molecule has 3 aliphatic rings. The molecule has 1 unspecified atom stereocenters. The van der Waals surface area contributed by atoms with Crippen molar-refractivity contribution < 1.29 is 4.74 Å². The van der Waals surface area contributed by atoms with Crippen LogP contribution in [-0.2, 0) is 4.74 Å². The molecule has 0 aromatic heterocycles. The van der Waals surface area contributed by atoms with Gasteiger partial charge in [-0.15, -0.1) is 0 Å². The highest BCUT2D eigenvalue weighted by Gasteiger charge is 2.39. The van der Waals surface area contributed by atoms with Crippen LogP contribution in [-0.4, -0.2) is 29.8 Å². The molecule has 0 N–H and O–H groups in total. The summed E-state index contributed by atoms with van der Waals surface area (Å²) in [5.74, 6) is 1.38. The fourth-order valence-electron chi connectivity index (χ4n) is 3.76. The molecule has 118 valence electrons. The molecule has 0 spiro atoms. The standard InChI is InChI=1S/C18H30N2O/c1-13(2)17-16(19-14-9-5-3-6-10-14)18(21-17)20-15-11-7-4-8-12-15/h13-15,17H,3-12H2,1-2H3. The maximum Gasteiger partial charge on any atom is 0.235 e. The number of hydrogen-bond acceptors (Lipinski definition) is 3. The highest BCUT2D eigenvalue weighted by atomic mass is 16.5. The van der Waals surface area contributed by atoms with E-state index in [-0.39, 0.29) is 6.10 Å². The number of ether oxygens (including phenoxy) is 1. The topological polar surface area (TPSA) is 34.0 Å². The molecule has 3 fully saturated rings. The molecule has 0 aromatic rings. The van der Waals surface area contributed by atoms with Crippen molar-refractivity contribution >= 4 is 11.6 Å². The first-order valence-corrected chi connectivity index (χ1v) is 9.06. The first kappa shape index (κ1) is 15.1. The van der Waals surface area contributed by atoms with Crippen LogP contribution in [0, 0.1) is 5.92 Å². The summed E-state index contributed by atoms with van der Waals surface area (Å²) in [6.07, 6.45) is 13.2. The molecule has 3 heteroatoms. The van der Waals surface area contributed by atoms with Crippen LogP contribution in [0.4, 0.5) is 0 Å². The monoisotopic (exact) mass is 290 g/mol. The van der Waals surface area contributed by atoms with Gasteiger partial charge in [-0.3, -0.25) is 4.99 Å². The lowest BCUT2D eigenvalue weighted by Gasteiger charge is -2.36. The Bertz CT molecular complexity index is 401. The van der Waals surface area contributed by atoms with Gasteiger partial charge in [0, 0.05) is 0 Å². The van der Waals surface area contributed by atoms with Crippen molar-refractivity contribution in [2.75, 3.05) is 0 Å². The van der Waals surface area contributed by atoms with E-state index < -0.39 is 0 Å². The Morgan fingerprint density at radius 3 is 1.86 bits per heavy atom. The summed E-state index contributed by atoms with van der Waals surface area (Å²) in [5, 5.41) is 0. The lowest BCUT2D eigenvalue weighted by atomic mass is 9.92. The van der Waals surface area contributed by atoms with E-state index >= 15 is 0 Å². The van der Waals surface area contributed by atoms with Crippen molar-refractivity contribution in [3.8, 4) is 0 Å². The van der Waals surface area contributed by atoms with Crippen LogP contribution >= 0.6 is 0 Å². The van der Waals surface area contributed by atoms with Gasteiger partial charge in [0.2, 0.25) is 5.90 Å². The summed E-state index contributed by atoms with van der Waals surface area (Å²) >= 11 is 0. The Morgan fingerprint density at radius 1 is 0.810 bits per heavy atom. The zero-order valence-corrected chi connectivity index (χ0v) is 13.7. The average molecular weight is 290 g/mol. The molecule has 1 atom stereocenters. The SMILES string of the molecule is CC(C)C1OC(=NC2CCCCC2)C1=NC1CCCCC1. The summed E-state index contributed by atoms with van der Waals surface area (Å²) in [4.78, 5) is 9.94. The third-order valence-electron chi connectivity index (χ3n) is 5.10. The molecule has 0 radical (unpaired) electrons. The van der Waals surface area contributed by atoms with Gasteiger partial charge in [0.1, 0.15) is 11.8 Å². The summed E-state index contributed by atoms with van der Waals surface area (Å²) in [6, 6.07) is 1.01. The summed E-state index contributed by atoms with van der Waals surface area (Å²) < 4.78 is 5.98. The molecule has 2 saturated carbocycles. The zero-order valence-electron chi connectivity index (χ0n) is 13.7. The van der Waals surface area contributed by atoms with E-state index in [2.05, 4.69) is 13.8 Å². The molecule has 1 aliphatic heterocycles. The zero-order chi connectivity index (χ0) is 14.7. The Hall–Kier alpha value is -0.860. The lowest BCUT2D eigenvalue weighted by molar-refractivity contribution is 0.169. The summed E-state index contributed by atoms with van der Waals surface area (Å²) in [6.45, 7) is 4.44. The van der Waals surface area contributed by atoms with Crippen molar-refractivity contribution in [1.82, 2.24) is 0 Å². The number of aliphatic imine (C=N–C) groups is 2. The molecule has 0 amide bonds. The fourth-order valence-corrected chi connectivity index (χ4v) is 3.76. The van der Waals surface area contributed by atoms with Gasteiger partial charge < -0.3 is 4.74 Å². The number of rotatable bonds is 3. The molecule has 1 heterocycles. The average Bonchev–Trinajstić information content (AvgIpc) is 2.50. The summed E-state index contributed by atoms with van der Waals surface area (Å²) in [5.41, 5.74) is 1.18. The Kier molecular flexibility index (Phi) is 4.97. The maximum absolute atomic E-state index is 5.98. The highest BCUT2D eigenvalue weighted by molar-refractivity contribution is 6.45. The van der Waals surface area contributed by atoms with Crippen LogP contribution in [0.15, 0.2) is 9.98 Å². The van der Waals surface area contributed by atoms with Crippen molar-refractivity contribution in [3.05, 3.63) is 0 Å².